The number of hydrogen-bond acceptors (Lipinski definition) is 3. The number of carboxylic acids is 1. The molecule has 0 aliphatic rings. The lowest BCUT2D eigenvalue weighted by Gasteiger charge is -1.93. The van der Waals surface area contributed by atoms with Crippen molar-refractivity contribution in [3.05, 3.63) is 0 Å². The van der Waals surface area contributed by atoms with Crippen LogP contribution in [0, 0.1) is 0 Å². The second kappa shape index (κ2) is 6.07. The van der Waals surface area contributed by atoms with Crippen LogP contribution in [0.1, 0.15) is 19.8 Å². The molecule has 0 unspecified atom stereocenters. The van der Waals surface area contributed by atoms with Crippen LogP contribution in [0.4, 0.5) is 0 Å². The molecule has 0 radical (unpaired) electrons. The van der Waals surface area contributed by atoms with Gasteiger partial charge in [-0.15, -0.1) is 0 Å². The molecule has 0 aliphatic heterocycles. The van der Waals surface area contributed by atoms with E-state index in [2.05, 4.69) is 9.99 Å². The van der Waals surface area contributed by atoms with Gasteiger partial charge in [0.2, 0.25) is 0 Å². The molecule has 0 amide bonds. The van der Waals surface area contributed by atoms with Crippen molar-refractivity contribution in [1.82, 2.24) is 0 Å². The van der Waals surface area contributed by atoms with E-state index in [1.807, 2.05) is 6.92 Å². The molecule has 58 valence electrons. The van der Waals surface area contributed by atoms with Gasteiger partial charge >= 0.3 is 5.97 Å². The largest absolute Gasteiger partial charge is 0.477 e. The van der Waals surface area contributed by atoms with Gasteiger partial charge in [0.1, 0.15) is 6.61 Å². The summed E-state index contributed by atoms with van der Waals surface area (Å²) in [5.41, 5.74) is 0. The Morgan fingerprint density at radius 1 is 1.80 bits per heavy atom. The summed E-state index contributed by atoms with van der Waals surface area (Å²) in [7, 11) is 0. The molecule has 0 bridgehead atoms. The van der Waals surface area contributed by atoms with Crippen LogP contribution in [-0.4, -0.2) is 23.9 Å². The first-order valence-electron chi connectivity index (χ1n) is 3.15. The fourth-order valence-corrected chi connectivity index (χ4v) is 0.344. The SMILES string of the molecule is CCCCON=CC(=O)O. The molecule has 0 fully saturated rings. The first kappa shape index (κ1) is 8.94. The number of aliphatic carboxylic acids is 1. The molecule has 0 aromatic carbocycles. The Morgan fingerprint density at radius 2 is 2.50 bits per heavy atom. The zero-order valence-corrected chi connectivity index (χ0v) is 5.91. The third-order valence-corrected chi connectivity index (χ3v) is 0.827. The van der Waals surface area contributed by atoms with Gasteiger partial charge in [-0.2, -0.15) is 0 Å². The van der Waals surface area contributed by atoms with Crippen molar-refractivity contribution in [1.29, 1.82) is 0 Å². The lowest BCUT2D eigenvalue weighted by atomic mass is 10.4. The maximum absolute atomic E-state index is 9.80. The summed E-state index contributed by atoms with van der Waals surface area (Å²) in [6.07, 6.45) is 2.65. The standard InChI is InChI=1S/C6H11NO3/c1-2-3-4-10-7-5-6(8)9/h5H,2-4H2,1H3,(H,8,9). The molecular weight excluding hydrogens is 134 g/mol. The molecule has 0 aliphatic carbocycles. The molecule has 4 nitrogen and oxygen atoms in total. The van der Waals surface area contributed by atoms with Crippen molar-refractivity contribution in [2.45, 2.75) is 19.8 Å². The summed E-state index contributed by atoms with van der Waals surface area (Å²) < 4.78 is 0. The zero-order chi connectivity index (χ0) is 7.82. The highest BCUT2D eigenvalue weighted by Crippen LogP contribution is 1.86. The molecule has 10 heavy (non-hydrogen) atoms. The molecule has 0 saturated heterocycles. The summed E-state index contributed by atoms with van der Waals surface area (Å²) >= 11 is 0. The third-order valence-electron chi connectivity index (χ3n) is 0.827. The predicted molar refractivity (Wildman–Crippen MR) is 37.0 cm³/mol. The Morgan fingerprint density at radius 3 is 3.00 bits per heavy atom. The Bertz CT molecular complexity index is 122. The van der Waals surface area contributed by atoms with E-state index in [-0.39, 0.29) is 0 Å². The van der Waals surface area contributed by atoms with Gasteiger partial charge < -0.3 is 9.94 Å². The van der Waals surface area contributed by atoms with Gasteiger partial charge in [0.15, 0.2) is 6.21 Å². The Kier molecular flexibility index (Phi) is 5.42. The van der Waals surface area contributed by atoms with Crippen molar-refractivity contribution in [2.75, 3.05) is 6.61 Å². The van der Waals surface area contributed by atoms with E-state index in [0.717, 1.165) is 19.1 Å². The van der Waals surface area contributed by atoms with Crippen molar-refractivity contribution < 1.29 is 14.7 Å². The maximum Gasteiger partial charge on any atom is 0.350 e. The van der Waals surface area contributed by atoms with Crippen LogP contribution in [0.2, 0.25) is 0 Å². The minimum absolute atomic E-state index is 0.486. The van der Waals surface area contributed by atoms with Crippen molar-refractivity contribution >= 4 is 12.2 Å². The summed E-state index contributed by atoms with van der Waals surface area (Å²) in [6, 6.07) is 0. The fourth-order valence-electron chi connectivity index (χ4n) is 0.344. The quantitative estimate of drug-likeness (QED) is 0.355. The van der Waals surface area contributed by atoms with E-state index in [0.29, 0.717) is 6.61 Å². The molecule has 0 aromatic rings. The number of rotatable bonds is 5. The molecule has 0 heterocycles. The number of nitrogens with zero attached hydrogens (tertiary/aromatic N) is 1. The van der Waals surface area contributed by atoms with E-state index in [4.69, 9.17) is 5.11 Å². The Balaban J connectivity index is 3.10. The lowest BCUT2D eigenvalue weighted by molar-refractivity contribution is -0.129. The summed E-state index contributed by atoms with van der Waals surface area (Å²) in [5, 5.41) is 11.2. The highest BCUT2D eigenvalue weighted by atomic mass is 16.6. The molecule has 0 atom stereocenters. The highest BCUT2D eigenvalue weighted by molar-refractivity contribution is 6.21. The van der Waals surface area contributed by atoms with Gasteiger partial charge in [0.25, 0.3) is 0 Å². The van der Waals surface area contributed by atoms with E-state index >= 15 is 0 Å². The van der Waals surface area contributed by atoms with Gasteiger partial charge in [-0.3, -0.25) is 0 Å². The van der Waals surface area contributed by atoms with Gasteiger partial charge in [-0.1, -0.05) is 18.5 Å². The summed E-state index contributed by atoms with van der Waals surface area (Å²) in [6.45, 7) is 2.50. The fraction of sp³-hybridized carbons (Fsp3) is 0.667. The topological polar surface area (TPSA) is 58.9 Å². The van der Waals surface area contributed by atoms with Gasteiger partial charge in [0, 0.05) is 0 Å². The Hall–Kier alpha value is -1.06. The number of hydrogen-bond donors (Lipinski definition) is 1. The molecule has 0 aromatic heterocycles. The smallest absolute Gasteiger partial charge is 0.350 e. The monoisotopic (exact) mass is 145 g/mol. The first-order valence-corrected chi connectivity index (χ1v) is 3.15. The lowest BCUT2D eigenvalue weighted by Crippen LogP contribution is -1.96. The zero-order valence-electron chi connectivity index (χ0n) is 5.91. The van der Waals surface area contributed by atoms with Gasteiger partial charge in [-0.25, -0.2) is 4.79 Å². The van der Waals surface area contributed by atoms with Crippen LogP contribution in [0.5, 0.6) is 0 Å². The van der Waals surface area contributed by atoms with Gasteiger partial charge in [-0.05, 0) is 6.42 Å². The van der Waals surface area contributed by atoms with E-state index in [1.165, 1.54) is 0 Å². The minimum Gasteiger partial charge on any atom is -0.477 e. The molecule has 0 saturated carbocycles. The summed E-state index contributed by atoms with van der Waals surface area (Å²) in [5.74, 6) is -1.09. The second-order valence-corrected chi connectivity index (χ2v) is 1.76. The second-order valence-electron chi connectivity index (χ2n) is 1.76. The number of unbranched alkanes of at least 4 members (excludes halogenated alkanes) is 1. The predicted octanol–water partition coefficient (Wildman–Crippen LogP) is 0.874. The molecule has 4 heteroatoms. The summed E-state index contributed by atoms with van der Waals surface area (Å²) in [4.78, 5) is 14.4. The normalized spacial score (nSPS) is 10.1. The van der Waals surface area contributed by atoms with E-state index in [1.54, 1.807) is 0 Å². The van der Waals surface area contributed by atoms with Crippen LogP contribution in [-0.2, 0) is 9.63 Å². The third kappa shape index (κ3) is 6.94. The molecule has 0 rings (SSSR count). The van der Waals surface area contributed by atoms with Crippen LogP contribution in [0.15, 0.2) is 5.16 Å². The van der Waals surface area contributed by atoms with Crippen LogP contribution in [0.25, 0.3) is 0 Å². The van der Waals surface area contributed by atoms with Gasteiger partial charge in [0.05, 0.1) is 0 Å². The average molecular weight is 145 g/mol. The average Bonchev–Trinajstić information content (AvgIpc) is 1.87. The maximum atomic E-state index is 9.80. The van der Waals surface area contributed by atoms with Crippen LogP contribution in [0.3, 0.4) is 0 Å². The van der Waals surface area contributed by atoms with Crippen LogP contribution < -0.4 is 0 Å². The first-order chi connectivity index (χ1) is 4.77. The minimum atomic E-state index is -1.09. The van der Waals surface area contributed by atoms with Crippen molar-refractivity contribution in [3.8, 4) is 0 Å². The molecule has 1 N–H and O–H groups in total. The highest BCUT2D eigenvalue weighted by Gasteiger charge is 1.86. The van der Waals surface area contributed by atoms with E-state index in [9.17, 15) is 4.79 Å². The molecular formula is C6H11NO3. The Labute approximate surface area is 59.5 Å². The number of carboxylic acid groups (broad SMARTS) is 1. The van der Waals surface area contributed by atoms with Crippen molar-refractivity contribution in [2.24, 2.45) is 5.16 Å². The van der Waals surface area contributed by atoms with Crippen molar-refractivity contribution in [3.63, 3.8) is 0 Å². The number of oxime groups is 1. The van der Waals surface area contributed by atoms with E-state index < -0.39 is 5.97 Å². The molecule has 0 spiro atoms. The number of carbonyl (C=O) groups is 1. The van der Waals surface area contributed by atoms with Crippen LogP contribution >= 0.6 is 0 Å².